The van der Waals surface area contributed by atoms with Crippen molar-refractivity contribution in [3.8, 4) is 0 Å². The molecule has 2 aromatic rings. The molecule has 0 bridgehead atoms. The fraction of sp³-hybridized carbons (Fsp3) is 0.250. The normalized spacial score (nSPS) is 11.5. The van der Waals surface area contributed by atoms with Crippen molar-refractivity contribution in [3.05, 3.63) is 40.4 Å². The molecule has 0 amide bonds. The number of thiazole rings is 1. The first-order valence-corrected chi connectivity index (χ1v) is 8.68. The van der Waals surface area contributed by atoms with Crippen LogP contribution in [0.25, 0.3) is 0 Å². The van der Waals surface area contributed by atoms with Crippen molar-refractivity contribution in [2.24, 2.45) is 0 Å². The Morgan fingerprint density at radius 3 is 2.85 bits per heavy atom. The summed E-state index contributed by atoms with van der Waals surface area (Å²) in [6.45, 7) is 3.28. The monoisotopic (exact) mass is 331 g/mol. The predicted molar refractivity (Wildman–Crippen MR) is 81.8 cm³/mol. The zero-order valence-electron chi connectivity index (χ0n) is 10.8. The van der Waals surface area contributed by atoms with Gasteiger partial charge in [0.2, 0.25) is 0 Å². The van der Waals surface area contributed by atoms with Crippen molar-refractivity contribution in [1.82, 2.24) is 10.3 Å². The van der Waals surface area contributed by atoms with Crippen molar-refractivity contribution in [2.45, 2.75) is 18.4 Å². The average molecular weight is 332 g/mol. The minimum absolute atomic E-state index is 0.171. The molecule has 5 nitrogen and oxygen atoms in total. The van der Waals surface area contributed by atoms with Crippen LogP contribution in [0.3, 0.4) is 0 Å². The van der Waals surface area contributed by atoms with Crippen molar-refractivity contribution in [2.75, 3.05) is 11.3 Å². The Hall–Kier alpha value is -1.15. The summed E-state index contributed by atoms with van der Waals surface area (Å²) in [5, 5.41) is 5.71. The third-order valence-electron chi connectivity index (χ3n) is 2.55. The number of aromatic nitrogens is 1. The number of nitrogens with zero attached hydrogens (tertiary/aromatic N) is 1. The number of hydrogen-bond acceptors (Lipinski definition) is 5. The molecule has 108 valence electrons. The molecule has 0 atom stereocenters. The Labute approximate surface area is 127 Å². The molecule has 0 radical (unpaired) electrons. The standard InChI is InChI=1S/C12H14ClN3O2S2/c1-2-14-8-9-7-10(3-4-11(9)13)20(17,18)16-12-15-5-6-19-12/h3-7,14H,2,8H2,1H3,(H,15,16). The van der Waals surface area contributed by atoms with Crippen molar-refractivity contribution >= 4 is 38.1 Å². The molecule has 1 aromatic heterocycles. The molecule has 0 unspecified atom stereocenters. The summed E-state index contributed by atoms with van der Waals surface area (Å²) in [4.78, 5) is 4.08. The van der Waals surface area contributed by atoms with Crippen molar-refractivity contribution in [3.63, 3.8) is 0 Å². The zero-order chi connectivity index (χ0) is 14.6. The Kier molecular flexibility index (Phi) is 4.98. The summed E-state index contributed by atoms with van der Waals surface area (Å²) in [6.07, 6.45) is 1.54. The number of sulfonamides is 1. The van der Waals surface area contributed by atoms with E-state index in [2.05, 4.69) is 15.0 Å². The van der Waals surface area contributed by atoms with Crippen LogP contribution < -0.4 is 10.0 Å². The molecule has 1 heterocycles. The van der Waals surface area contributed by atoms with Gasteiger partial charge < -0.3 is 5.32 Å². The van der Waals surface area contributed by atoms with Gasteiger partial charge in [-0.15, -0.1) is 11.3 Å². The SMILES string of the molecule is CCNCc1cc(S(=O)(=O)Nc2nccs2)ccc1Cl. The minimum Gasteiger partial charge on any atom is -0.313 e. The lowest BCUT2D eigenvalue weighted by Gasteiger charge is -2.09. The molecule has 0 aliphatic rings. The summed E-state index contributed by atoms with van der Waals surface area (Å²) in [6, 6.07) is 4.64. The van der Waals surface area contributed by atoms with E-state index < -0.39 is 10.0 Å². The molecule has 1 aromatic carbocycles. The lowest BCUT2D eigenvalue weighted by atomic mass is 10.2. The first kappa shape index (κ1) is 15.2. The van der Waals surface area contributed by atoms with E-state index in [0.717, 1.165) is 12.1 Å². The van der Waals surface area contributed by atoms with Crippen LogP contribution in [0.5, 0.6) is 0 Å². The van der Waals surface area contributed by atoms with Gasteiger partial charge in [-0.3, -0.25) is 4.72 Å². The number of anilines is 1. The molecular weight excluding hydrogens is 318 g/mol. The summed E-state index contributed by atoms with van der Waals surface area (Å²) < 4.78 is 26.9. The maximum Gasteiger partial charge on any atom is 0.263 e. The van der Waals surface area contributed by atoms with E-state index in [-0.39, 0.29) is 4.90 Å². The van der Waals surface area contributed by atoms with Gasteiger partial charge in [0.05, 0.1) is 4.90 Å². The zero-order valence-corrected chi connectivity index (χ0v) is 13.1. The third kappa shape index (κ3) is 3.69. The Bertz CT molecular complexity index is 672. The molecule has 0 aliphatic heterocycles. The van der Waals surface area contributed by atoms with E-state index >= 15 is 0 Å². The number of benzene rings is 1. The van der Waals surface area contributed by atoms with Crippen LogP contribution in [0.2, 0.25) is 5.02 Å². The fourth-order valence-electron chi connectivity index (χ4n) is 1.56. The van der Waals surface area contributed by atoms with Crippen molar-refractivity contribution < 1.29 is 8.42 Å². The van der Waals surface area contributed by atoms with Gasteiger partial charge in [-0.25, -0.2) is 13.4 Å². The van der Waals surface area contributed by atoms with Gasteiger partial charge in [0.25, 0.3) is 10.0 Å². The molecule has 0 spiro atoms. The quantitative estimate of drug-likeness (QED) is 0.853. The third-order valence-corrected chi connectivity index (χ3v) is 5.07. The topological polar surface area (TPSA) is 71.1 Å². The Morgan fingerprint density at radius 2 is 2.20 bits per heavy atom. The Balaban J connectivity index is 2.27. The molecule has 0 aliphatic carbocycles. The minimum atomic E-state index is -3.64. The van der Waals surface area contributed by atoms with E-state index in [1.807, 2.05) is 6.92 Å². The smallest absolute Gasteiger partial charge is 0.263 e. The molecule has 20 heavy (non-hydrogen) atoms. The van der Waals surface area contributed by atoms with Crippen LogP contribution in [-0.2, 0) is 16.6 Å². The van der Waals surface area contributed by atoms with Gasteiger partial charge in [-0.1, -0.05) is 18.5 Å². The molecular formula is C12H14ClN3O2S2. The lowest BCUT2D eigenvalue weighted by Crippen LogP contribution is -2.15. The highest BCUT2D eigenvalue weighted by Crippen LogP contribution is 2.23. The van der Waals surface area contributed by atoms with E-state index in [4.69, 9.17) is 11.6 Å². The highest BCUT2D eigenvalue weighted by molar-refractivity contribution is 7.93. The van der Waals surface area contributed by atoms with Gasteiger partial charge in [-0.2, -0.15) is 0 Å². The fourth-order valence-corrected chi connectivity index (χ4v) is 3.58. The van der Waals surface area contributed by atoms with Gasteiger partial charge in [0.15, 0.2) is 5.13 Å². The van der Waals surface area contributed by atoms with Gasteiger partial charge in [0.1, 0.15) is 0 Å². The second-order valence-corrected chi connectivity index (χ2v) is 6.96. The highest BCUT2D eigenvalue weighted by atomic mass is 35.5. The van der Waals surface area contributed by atoms with E-state index in [9.17, 15) is 8.42 Å². The van der Waals surface area contributed by atoms with Gasteiger partial charge in [-0.05, 0) is 30.3 Å². The predicted octanol–water partition coefficient (Wildman–Crippen LogP) is 2.71. The summed E-state index contributed by atoms with van der Waals surface area (Å²) >= 11 is 7.29. The molecule has 2 N–H and O–H groups in total. The van der Waals surface area contributed by atoms with E-state index in [1.54, 1.807) is 23.7 Å². The lowest BCUT2D eigenvalue weighted by molar-refractivity contribution is 0.601. The van der Waals surface area contributed by atoms with Crippen LogP contribution in [0.1, 0.15) is 12.5 Å². The summed E-state index contributed by atoms with van der Waals surface area (Å²) in [5.74, 6) is 0. The van der Waals surface area contributed by atoms with Gasteiger partial charge >= 0.3 is 0 Å². The highest BCUT2D eigenvalue weighted by Gasteiger charge is 2.16. The summed E-state index contributed by atoms with van der Waals surface area (Å²) in [5.41, 5.74) is 0.746. The van der Waals surface area contributed by atoms with E-state index in [0.29, 0.717) is 16.7 Å². The molecule has 0 saturated carbocycles. The first-order chi connectivity index (χ1) is 9.53. The van der Waals surface area contributed by atoms with Crippen LogP contribution in [0.15, 0.2) is 34.7 Å². The van der Waals surface area contributed by atoms with Crippen LogP contribution in [-0.4, -0.2) is 19.9 Å². The van der Waals surface area contributed by atoms with Crippen LogP contribution >= 0.6 is 22.9 Å². The maximum absolute atomic E-state index is 12.2. The molecule has 0 fully saturated rings. The molecule has 2 rings (SSSR count). The second kappa shape index (κ2) is 6.53. The molecule has 0 saturated heterocycles. The first-order valence-electron chi connectivity index (χ1n) is 5.94. The Morgan fingerprint density at radius 1 is 1.40 bits per heavy atom. The van der Waals surface area contributed by atoms with Crippen molar-refractivity contribution in [1.29, 1.82) is 0 Å². The number of halogens is 1. The molecule has 8 heteroatoms. The van der Waals surface area contributed by atoms with Crippen LogP contribution in [0.4, 0.5) is 5.13 Å². The number of rotatable bonds is 6. The van der Waals surface area contributed by atoms with E-state index in [1.165, 1.54) is 17.4 Å². The summed E-state index contributed by atoms with van der Waals surface area (Å²) in [7, 11) is -3.64. The maximum atomic E-state index is 12.2. The van der Waals surface area contributed by atoms with Crippen LogP contribution in [0, 0.1) is 0 Å². The largest absolute Gasteiger partial charge is 0.313 e. The number of hydrogen-bond donors (Lipinski definition) is 2. The van der Waals surface area contributed by atoms with Gasteiger partial charge in [0, 0.05) is 23.1 Å². The number of nitrogens with one attached hydrogen (secondary N) is 2. The average Bonchev–Trinajstić information content (AvgIpc) is 2.89. The second-order valence-electron chi connectivity index (χ2n) is 3.98.